The smallest absolute Gasteiger partial charge is 0.411 e. The first kappa shape index (κ1) is 18.7. The van der Waals surface area contributed by atoms with Crippen LogP contribution in [0.3, 0.4) is 0 Å². The van der Waals surface area contributed by atoms with E-state index < -0.39 is 6.09 Å². The van der Waals surface area contributed by atoms with Gasteiger partial charge in [-0.25, -0.2) is 4.79 Å². The average Bonchev–Trinajstić information content (AvgIpc) is 3.44. The van der Waals surface area contributed by atoms with Crippen LogP contribution >= 0.6 is 11.3 Å². The number of thiophene rings is 1. The predicted octanol–water partition coefficient (Wildman–Crippen LogP) is 4.97. The molecule has 6 nitrogen and oxygen atoms in total. The van der Waals surface area contributed by atoms with Gasteiger partial charge in [0.25, 0.3) is 0 Å². The number of aromatic nitrogens is 3. The van der Waals surface area contributed by atoms with Crippen LogP contribution in [0.2, 0.25) is 0 Å². The molecule has 1 fully saturated rings. The Morgan fingerprint density at radius 2 is 1.96 bits per heavy atom. The molecule has 3 aromatic rings. The molecule has 7 heteroatoms. The highest BCUT2D eigenvalue weighted by atomic mass is 32.1. The van der Waals surface area contributed by atoms with Crippen molar-refractivity contribution in [3.63, 3.8) is 0 Å². The summed E-state index contributed by atoms with van der Waals surface area (Å²) >= 11 is 1.81. The number of nitrogens with zero attached hydrogens (tertiary/aromatic N) is 3. The van der Waals surface area contributed by atoms with E-state index in [-0.39, 0.29) is 5.41 Å². The monoisotopic (exact) mass is 396 g/mol. The number of benzene rings is 1. The van der Waals surface area contributed by atoms with Crippen LogP contribution in [-0.2, 0) is 17.2 Å². The van der Waals surface area contributed by atoms with Gasteiger partial charge in [0.1, 0.15) is 5.82 Å². The van der Waals surface area contributed by atoms with E-state index in [0.717, 1.165) is 30.1 Å². The molecule has 0 radical (unpaired) electrons. The summed E-state index contributed by atoms with van der Waals surface area (Å²) < 4.78 is 7.03. The van der Waals surface area contributed by atoms with Crippen LogP contribution in [0.4, 0.5) is 10.5 Å². The molecule has 0 saturated heterocycles. The van der Waals surface area contributed by atoms with Crippen molar-refractivity contribution in [1.82, 2.24) is 14.8 Å². The Kier molecular flexibility index (Phi) is 5.17. The van der Waals surface area contributed by atoms with Gasteiger partial charge >= 0.3 is 6.09 Å². The van der Waals surface area contributed by atoms with Gasteiger partial charge in [-0.3, -0.25) is 5.32 Å². The molecular formula is C21H24N4O2S. The first-order valence-corrected chi connectivity index (χ1v) is 10.5. The molecule has 0 bridgehead atoms. The van der Waals surface area contributed by atoms with Crippen molar-refractivity contribution in [3.8, 4) is 11.4 Å². The minimum atomic E-state index is -0.449. The van der Waals surface area contributed by atoms with Crippen LogP contribution in [-0.4, -0.2) is 27.5 Å². The topological polar surface area (TPSA) is 69.0 Å². The van der Waals surface area contributed by atoms with Gasteiger partial charge in [-0.05, 0) is 55.5 Å². The van der Waals surface area contributed by atoms with Crippen LogP contribution in [0.15, 0.2) is 41.8 Å². The van der Waals surface area contributed by atoms with Crippen molar-refractivity contribution in [2.75, 3.05) is 11.9 Å². The number of rotatable bonds is 5. The SMILES string of the molecule is CCOC(=O)Nc1ccc(-c2nnc(C3(c4cccs4)CCCC3)n2C)cc1. The molecule has 1 saturated carbocycles. The quantitative estimate of drug-likeness (QED) is 0.661. The summed E-state index contributed by atoms with van der Waals surface area (Å²) in [5.74, 6) is 1.87. The fourth-order valence-corrected chi connectivity index (χ4v) is 5.08. The highest BCUT2D eigenvalue weighted by Crippen LogP contribution is 2.47. The predicted molar refractivity (Wildman–Crippen MR) is 111 cm³/mol. The molecule has 28 heavy (non-hydrogen) atoms. The van der Waals surface area contributed by atoms with Gasteiger partial charge < -0.3 is 9.30 Å². The minimum Gasteiger partial charge on any atom is -0.450 e. The number of ether oxygens (including phenoxy) is 1. The van der Waals surface area contributed by atoms with E-state index in [1.54, 1.807) is 18.3 Å². The summed E-state index contributed by atoms with van der Waals surface area (Å²) in [5.41, 5.74) is 1.63. The van der Waals surface area contributed by atoms with Gasteiger partial charge in [-0.15, -0.1) is 21.5 Å². The van der Waals surface area contributed by atoms with Crippen molar-refractivity contribution >= 4 is 23.1 Å². The number of carbonyl (C=O) groups is 1. The maximum absolute atomic E-state index is 11.6. The maximum atomic E-state index is 11.6. The fourth-order valence-electron chi connectivity index (χ4n) is 4.09. The van der Waals surface area contributed by atoms with E-state index in [4.69, 9.17) is 4.74 Å². The number of amides is 1. The first-order chi connectivity index (χ1) is 13.6. The third kappa shape index (κ3) is 3.30. The van der Waals surface area contributed by atoms with E-state index in [2.05, 4.69) is 37.6 Å². The lowest BCUT2D eigenvalue weighted by Gasteiger charge is -2.26. The molecular weight excluding hydrogens is 372 g/mol. The standard InChI is InChI=1S/C21H24N4O2S/c1-3-27-20(26)22-16-10-8-15(9-11-16)18-23-24-19(25(18)2)21(12-4-5-13-21)17-7-6-14-28-17/h6-11,14H,3-5,12-13H2,1-2H3,(H,22,26). The summed E-state index contributed by atoms with van der Waals surface area (Å²) in [7, 11) is 2.04. The Bertz CT molecular complexity index is 941. The van der Waals surface area contributed by atoms with Gasteiger partial charge in [0, 0.05) is 23.2 Å². The molecule has 0 spiro atoms. The second-order valence-electron chi connectivity index (χ2n) is 7.10. The van der Waals surface area contributed by atoms with Crippen LogP contribution < -0.4 is 5.32 Å². The lowest BCUT2D eigenvalue weighted by Crippen LogP contribution is -2.26. The zero-order chi connectivity index (χ0) is 19.6. The Morgan fingerprint density at radius 1 is 1.21 bits per heavy atom. The Hall–Kier alpha value is -2.67. The van der Waals surface area contributed by atoms with E-state index in [1.807, 2.05) is 31.3 Å². The molecule has 0 atom stereocenters. The Morgan fingerprint density at radius 3 is 2.61 bits per heavy atom. The van der Waals surface area contributed by atoms with Gasteiger partial charge in [0.2, 0.25) is 0 Å². The summed E-state index contributed by atoms with van der Waals surface area (Å²) in [6.07, 6.45) is 4.21. The zero-order valence-corrected chi connectivity index (χ0v) is 17.0. The van der Waals surface area contributed by atoms with E-state index in [0.29, 0.717) is 12.3 Å². The Labute approximate surface area is 168 Å². The van der Waals surface area contributed by atoms with Crippen LogP contribution in [0.25, 0.3) is 11.4 Å². The summed E-state index contributed by atoms with van der Waals surface area (Å²) in [4.78, 5) is 12.9. The largest absolute Gasteiger partial charge is 0.450 e. The highest BCUT2D eigenvalue weighted by Gasteiger charge is 2.42. The van der Waals surface area contributed by atoms with E-state index >= 15 is 0 Å². The molecule has 1 amide bonds. The van der Waals surface area contributed by atoms with Gasteiger partial charge in [-0.2, -0.15) is 0 Å². The number of carbonyl (C=O) groups excluding carboxylic acids is 1. The van der Waals surface area contributed by atoms with E-state index in [9.17, 15) is 4.79 Å². The third-order valence-electron chi connectivity index (χ3n) is 5.42. The minimum absolute atomic E-state index is 0.0282. The van der Waals surface area contributed by atoms with Crippen molar-refractivity contribution in [2.24, 2.45) is 7.05 Å². The second-order valence-corrected chi connectivity index (χ2v) is 8.04. The molecule has 4 rings (SSSR count). The zero-order valence-electron chi connectivity index (χ0n) is 16.1. The summed E-state index contributed by atoms with van der Waals surface area (Å²) in [5, 5.41) is 14.0. The number of anilines is 1. The molecule has 1 aromatic carbocycles. The van der Waals surface area contributed by atoms with Crippen molar-refractivity contribution in [1.29, 1.82) is 0 Å². The maximum Gasteiger partial charge on any atom is 0.411 e. The average molecular weight is 397 g/mol. The van der Waals surface area contributed by atoms with Crippen LogP contribution in [0, 0.1) is 0 Å². The van der Waals surface area contributed by atoms with Gasteiger partial charge in [-0.1, -0.05) is 18.9 Å². The molecule has 1 aliphatic rings. The molecule has 1 aliphatic carbocycles. The molecule has 0 unspecified atom stereocenters. The molecule has 0 aliphatic heterocycles. The first-order valence-electron chi connectivity index (χ1n) is 9.62. The molecule has 2 heterocycles. The normalized spacial score (nSPS) is 15.5. The summed E-state index contributed by atoms with van der Waals surface area (Å²) in [6.45, 7) is 2.12. The summed E-state index contributed by atoms with van der Waals surface area (Å²) in [6, 6.07) is 11.9. The molecule has 1 N–H and O–H groups in total. The Balaban J connectivity index is 1.63. The lowest BCUT2D eigenvalue weighted by atomic mass is 9.83. The fraction of sp³-hybridized carbons (Fsp3) is 0.381. The van der Waals surface area contributed by atoms with Gasteiger partial charge in [0.05, 0.1) is 12.0 Å². The van der Waals surface area contributed by atoms with Crippen molar-refractivity contribution in [3.05, 3.63) is 52.5 Å². The lowest BCUT2D eigenvalue weighted by molar-refractivity contribution is 0.168. The third-order valence-corrected chi connectivity index (χ3v) is 6.49. The molecule has 2 aromatic heterocycles. The van der Waals surface area contributed by atoms with Crippen molar-refractivity contribution in [2.45, 2.75) is 38.0 Å². The van der Waals surface area contributed by atoms with Crippen LogP contribution in [0.1, 0.15) is 43.3 Å². The number of hydrogen-bond donors (Lipinski definition) is 1. The van der Waals surface area contributed by atoms with Crippen molar-refractivity contribution < 1.29 is 9.53 Å². The number of nitrogens with one attached hydrogen (secondary N) is 1. The van der Waals surface area contributed by atoms with Crippen LogP contribution in [0.5, 0.6) is 0 Å². The number of hydrogen-bond acceptors (Lipinski definition) is 5. The highest BCUT2D eigenvalue weighted by molar-refractivity contribution is 7.10. The van der Waals surface area contributed by atoms with Gasteiger partial charge in [0.15, 0.2) is 5.82 Å². The molecule has 146 valence electrons. The van der Waals surface area contributed by atoms with E-state index in [1.165, 1.54) is 17.7 Å². The second kappa shape index (κ2) is 7.75.